The highest BCUT2D eigenvalue weighted by Crippen LogP contribution is 2.18. The van der Waals surface area contributed by atoms with Crippen LogP contribution in [0, 0.1) is 0 Å². The van der Waals surface area contributed by atoms with Crippen molar-refractivity contribution < 1.29 is 13.2 Å². The van der Waals surface area contributed by atoms with Gasteiger partial charge in [0.25, 0.3) is 5.56 Å². The summed E-state index contributed by atoms with van der Waals surface area (Å²) in [6, 6.07) is 4.77. The third-order valence-electron chi connectivity index (χ3n) is 4.15. The van der Waals surface area contributed by atoms with Crippen LogP contribution in [0.25, 0.3) is 5.65 Å². The largest absolute Gasteiger partial charge is 0.401 e. The van der Waals surface area contributed by atoms with E-state index in [-0.39, 0.29) is 5.56 Å². The van der Waals surface area contributed by atoms with Gasteiger partial charge in [-0.15, -0.1) is 0 Å². The third kappa shape index (κ3) is 4.93. The second kappa shape index (κ2) is 7.31. The van der Waals surface area contributed by atoms with Gasteiger partial charge in [0.1, 0.15) is 5.65 Å². The van der Waals surface area contributed by atoms with Gasteiger partial charge < -0.3 is 0 Å². The predicted molar refractivity (Wildman–Crippen MR) is 88.9 cm³/mol. The first-order valence-electron chi connectivity index (χ1n) is 7.99. The Morgan fingerprint density at radius 3 is 2.60 bits per heavy atom. The third-order valence-corrected chi connectivity index (χ3v) is 4.37. The fraction of sp³-hybridized carbons (Fsp3) is 0.500. The first-order chi connectivity index (χ1) is 11.8. The van der Waals surface area contributed by atoms with Crippen LogP contribution in [-0.2, 0) is 6.54 Å². The van der Waals surface area contributed by atoms with Crippen LogP contribution < -0.4 is 5.56 Å². The van der Waals surface area contributed by atoms with Gasteiger partial charge in [-0.05, 0) is 31.6 Å². The number of fused-ring (bicyclic) bond motifs is 1. The van der Waals surface area contributed by atoms with Crippen LogP contribution in [0.5, 0.6) is 0 Å². The van der Waals surface area contributed by atoms with Crippen molar-refractivity contribution in [2.24, 2.45) is 0 Å². The van der Waals surface area contributed by atoms with E-state index >= 15 is 0 Å². The molecule has 0 amide bonds. The Morgan fingerprint density at radius 2 is 1.84 bits per heavy atom. The minimum atomic E-state index is -4.18. The highest BCUT2D eigenvalue weighted by atomic mass is 35.5. The standard InChI is InChI=1S/C16H18ClF3N4O/c17-12-2-3-14-21-13(8-15(25)24(14)9-12)10-22-4-1-5-23(7-6-22)11-16(18,19)20/h2-3,8-9H,1,4-7,10-11H2. The number of aromatic nitrogens is 2. The minimum absolute atomic E-state index is 0.226. The fourth-order valence-electron chi connectivity index (χ4n) is 3.03. The van der Waals surface area contributed by atoms with Crippen LogP contribution in [0.15, 0.2) is 29.2 Å². The quantitative estimate of drug-likeness (QED) is 0.827. The summed E-state index contributed by atoms with van der Waals surface area (Å²) in [7, 11) is 0. The molecule has 2 aromatic heterocycles. The fourth-order valence-corrected chi connectivity index (χ4v) is 3.19. The van der Waals surface area contributed by atoms with Gasteiger partial charge in [0.05, 0.1) is 17.3 Å². The maximum atomic E-state index is 12.5. The molecule has 3 heterocycles. The van der Waals surface area contributed by atoms with Gasteiger partial charge in [-0.1, -0.05) is 11.6 Å². The van der Waals surface area contributed by atoms with Crippen molar-refractivity contribution >= 4 is 17.2 Å². The zero-order chi connectivity index (χ0) is 18.0. The molecule has 0 spiro atoms. The van der Waals surface area contributed by atoms with Crippen molar-refractivity contribution in [1.82, 2.24) is 19.2 Å². The first-order valence-corrected chi connectivity index (χ1v) is 8.37. The van der Waals surface area contributed by atoms with E-state index in [9.17, 15) is 18.0 Å². The molecule has 0 saturated carbocycles. The molecule has 0 bridgehead atoms. The van der Waals surface area contributed by atoms with E-state index in [0.29, 0.717) is 55.5 Å². The molecule has 0 atom stereocenters. The molecule has 136 valence electrons. The lowest BCUT2D eigenvalue weighted by molar-refractivity contribution is -0.145. The van der Waals surface area contributed by atoms with E-state index in [1.54, 1.807) is 12.1 Å². The Morgan fingerprint density at radius 1 is 1.12 bits per heavy atom. The molecule has 2 aromatic rings. The summed E-state index contributed by atoms with van der Waals surface area (Å²) in [4.78, 5) is 20.1. The number of hydrogen-bond acceptors (Lipinski definition) is 4. The Balaban J connectivity index is 1.69. The van der Waals surface area contributed by atoms with Crippen LogP contribution in [-0.4, -0.2) is 58.1 Å². The molecule has 1 aliphatic heterocycles. The second-order valence-corrected chi connectivity index (χ2v) is 6.62. The number of pyridine rings is 1. The smallest absolute Gasteiger partial charge is 0.296 e. The monoisotopic (exact) mass is 374 g/mol. The summed E-state index contributed by atoms with van der Waals surface area (Å²) in [6.07, 6.45) is -2.01. The number of alkyl halides is 3. The molecule has 0 N–H and O–H groups in total. The number of nitrogens with zero attached hydrogens (tertiary/aromatic N) is 4. The molecular formula is C16H18ClF3N4O. The van der Waals surface area contributed by atoms with E-state index in [0.717, 1.165) is 0 Å². The predicted octanol–water partition coefficient (Wildman–Crippen LogP) is 2.42. The molecule has 1 fully saturated rings. The lowest BCUT2D eigenvalue weighted by atomic mass is 10.3. The van der Waals surface area contributed by atoms with E-state index in [2.05, 4.69) is 4.98 Å². The van der Waals surface area contributed by atoms with Crippen molar-refractivity contribution in [2.45, 2.75) is 19.1 Å². The summed E-state index contributed by atoms with van der Waals surface area (Å²) in [5.41, 5.74) is 0.882. The van der Waals surface area contributed by atoms with Crippen LogP contribution >= 0.6 is 11.6 Å². The molecule has 0 aliphatic carbocycles. The van der Waals surface area contributed by atoms with Gasteiger partial charge in [-0.25, -0.2) is 4.98 Å². The average molecular weight is 375 g/mol. The summed E-state index contributed by atoms with van der Waals surface area (Å²) >= 11 is 5.88. The van der Waals surface area contributed by atoms with E-state index in [1.165, 1.54) is 21.6 Å². The molecule has 1 aliphatic rings. The topological polar surface area (TPSA) is 40.9 Å². The zero-order valence-corrected chi connectivity index (χ0v) is 14.2. The van der Waals surface area contributed by atoms with Gasteiger partial charge in [0, 0.05) is 31.9 Å². The van der Waals surface area contributed by atoms with E-state index in [1.807, 2.05) is 4.90 Å². The zero-order valence-electron chi connectivity index (χ0n) is 13.5. The van der Waals surface area contributed by atoms with Crippen molar-refractivity contribution in [2.75, 3.05) is 32.7 Å². The lowest BCUT2D eigenvalue weighted by Gasteiger charge is -2.22. The summed E-state index contributed by atoms with van der Waals surface area (Å²) in [5, 5.41) is 0.446. The molecule has 3 rings (SSSR count). The molecule has 0 radical (unpaired) electrons. The van der Waals surface area contributed by atoms with Crippen molar-refractivity contribution in [3.05, 3.63) is 45.5 Å². The first kappa shape index (κ1) is 18.2. The highest BCUT2D eigenvalue weighted by molar-refractivity contribution is 6.30. The number of rotatable bonds is 3. The summed E-state index contributed by atoms with van der Waals surface area (Å²) in [6.45, 7) is 1.52. The summed E-state index contributed by atoms with van der Waals surface area (Å²) in [5.74, 6) is 0. The molecular weight excluding hydrogens is 357 g/mol. The van der Waals surface area contributed by atoms with Crippen LogP contribution in [0.3, 0.4) is 0 Å². The highest BCUT2D eigenvalue weighted by Gasteiger charge is 2.31. The van der Waals surface area contributed by atoms with E-state index < -0.39 is 12.7 Å². The maximum absolute atomic E-state index is 12.5. The minimum Gasteiger partial charge on any atom is -0.296 e. The van der Waals surface area contributed by atoms with Gasteiger partial charge in [0.15, 0.2) is 0 Å². The lowest BCUT2D eigenvalue weighted by Crippen LogP contribution is -2.37. The van der Waals surface area contributed by atoms with Crippen LogP contribution in [0.4, 0.5) is 13.2 Å². The molecule has 0 aromatic carbocycles. The van der Waals surface area contributed by atoms with Crippen molar-refractivity contribution in [1.29, 1.82) is 0 Å². The van der Waals surface area contributed by atoms with Gasteiger partial charge >= 0.3 is 6.18 Å². The van der Waals surface area contributed by atoms with Crippen LogP contribution in [0.1, 0.15) is 12.1 Å². The van der Waals surface area contributed by atoms with Crippen LogP contribution in [0.2, 0.25) is 5.02 Å². The molecule has 25 heavy (non-hydrogen) atoms. The normalized spacial score (nSPS) is 17.8. The number of halogens is 4. The maximum Gasteiger partial charge on any atom is 0.401 e. The molecule has 5 nitrogen and oxygen atoms in total. The Kier molecular flexibility index (Phi) is 5.31. The molecule has 1 saturated heterocycles. The summed E-state index contributed by atoms with van der Waals surface area (Å²) < 4.78 is 39.0. The van der Waals surface area contributed by atoms with Gasteiger partial charge in [-0.3, -0.25) is 19.0 Å². The molecule has 0 unspecified atom stereocenters. The van der Waals surface area contributed by atoms with Crippen molar-refractivity contribution in [3.63, 3.8) is 0 Å². The Labute approximate surface area is 147 Å². The Bertz CT molecular complexity index is 808. The Hall–Kier alpha value is -1.64. The SMILES string of the molecule is O=c1cc(CN2CCCN(CC(F)(F)F)CC2)nc2ccc(Cl)cn12. The average Bonchev–Trinajstić information content (AvgIpc) is 2.72. The van der Waals surface area contributed by atoms with Crippen molar-refractivity contribution in [3.8, 4) is 0 Å². The molecule has 9 heteroatoms. The number of hydrogen-bond donors (Lipinski definition) is 0. The van der Waals surface area contributed by atoms with Gasteiger partial charge in [0.2, 0.25) is 0 Å². The van der Waals surface area contributed by atoms with Gasteiger partial charge in [-0.2, -0.15) is 13.2 Å². The van der Waals surface area contributed by atoms with E-state index in [4.69, 9.17) is 11.6 Å². The second-order valence-electron chi connectivity index (χ2n) is 6.18.